The molecule has 2 heterocycles. The molecule has 5 heteroatoms. The van der Waals surface area contributed by atoms with Crippen LogP contribution in [0.2, 0.25) is 0 Å². The molecule has 1 fully saturated rings. The highest BCUT2D eigenvalue weighted by molar-refractivity contribution is 5.93. The van der Waals surface area contributed by atoms with Crippen LogP contribution < -0.4 is 4.74 Å². The lowest BCUT2D eigenvalue weighted by atomic mass is 9.95. The van der Waals surface area contributed by atoms with E-state index in [0.717, 1.165) is 51.3 Å². The Bertz CT molecular complexity index is 771. The van der Waals surface area contributed by atoms with Crippen LogP contribution in [0.25, 0.3) is 0 Å². The number of likely N-dealkylation sites (tertiary alicyclic amines) is 1. The number of piperidine rings is 1. The highest BCUT2D eigenvalue weighted by Gasteiger charge is 2.25. The SMILES string of the molecule is COc1ccccc1CN1CCC(CN(CC(C)C)C(=O)c2cccnc2)CC1. The van der Waals surface area contributed by atoms with Gasteiger partial charge in [-0.15, -0.1) is 0 Å². The van der Waals surface area contributed by atoms with E-state index >= 15 is 0 Å². The third-order valence-electron chi connectivity index (χ3n) is 5.55. The standard InChI is InChI=1S/C24H33N3O2/c1-19(2)16-27(24(28)21-8-6-12-25-15-21)17-20-10-13-26(14-11-20)18-22-7-4-5-9-23(22)29-3/h4-9,12,15,19-20H,10-11,13-14,16-18H2,1-3H3. The van der Waals surface area contributed by atoms with Crippen molar-refractivity contribution in [3.63, 3.8) is 0 Å². The monoisotopic (exact) mass is 395 g/mol. The van der Waals surface area contributed by atoms with E-state index in [9.17, 15) is 4.79 Å². The summed E-state index contributed by atoms with van der Waals surface area (Å²) in [6, 6.07) is 11.9. The molecule has 1 aliphatic rings. The van der Waals surface area contributed by atoms with Crippen LogP contribution in [0.3, 0.4) is 0 Å². The second kappa shape index (κ2) is 10.4. The number of hydrogen-bond acceptors (Lipinski definition) is 4. The Morgan fingerprint density at radius 1 is 1.21 bits per heavy atom. The van der Waals surface area contributed by atoms with Gasteiger partial charge in [-0.25, -0.2) is 0 Å². The molecule has 1 saturated heterocycles. The van der Waals surface area contributed by atoms with Crippen molar-refractivity contribution >= 4 is 5.91 Å². The van der Waals surface area contributed by atoms with Crippen LogP contribution in [0.5, 0.6) is 5.75 Å². The summed E-state index contributed by atoms with van der Waals surface area (Å²) >= 11 is 0. The predicted octanol–water partition coefficient (Wildman–Crippen LogP) is 4.10. The molecule has 0 bridgehead atoms. The first-order valence-electron chi connectivity index (χ1n) is 10.6. The summed E-state index contributed by atoms with van der Waals surface area (Å²) in [6.45, 7) is 8.97. The van der Waals surface area contributed by atoms with E-state index in [-0.39, 0.29) is 5.91 Å². The van der Waals surface area contributed by atoms with Crippen molar-refractivity contribution in [2.75, 3.05) is 33.3 Å². The molecule has 3 rings (SSSR count). The number of amides is 1. The van der Waals surface area contributed by atoms with E-state index in [2.05, 4.69) is 35.9 Å². The molecule has 1 amide bonds. The summed E-state index contributed by atoms with van der Waals surface area (Å²) in [7, 11) is 1.73. The Hall–Kier alpha value is -2.40. The van der Waals surface area contributed by atoms with Gasteiger partial charge in [0.15, 0.2) is 0 Å². The zero-order chi connectivity index (χ0) is 20.6. The third kappa shape index (κ3) is 6.04. The van der Waals surface area contributed by atoms with Crippen LogP contribution in [-0.2, 0) is 6.54 Å². The molecule has 0 spiro atoms. The first kappa shape index (κ1) is 21.3. The van der Waals surface area contributed by atoms with Crippen molar-refractivity contribution in [1.82, 2.24) is 14.8 Å². The molecule has 1 aromatic heterocycles. The predicted molar refractivity (Wildman–Crippen MR) is 116 cm³/mol. The number of pyridine rings is 1. The lowest BCUT2D eigenvalue weighted by Crippen LogP contribution is -2.42. The number of carbonyl (C=O) groups excluding carboxylic acids is 1. The Labute approximate surface area is 174 Å². The first-order chi connectivity index (χ1) is 14.1. The molecule has 0 unspecified atom stereocenters. The Morgan fingerprint density at radius 3 is 2.62 bits per heavy atom. The quantitative estimate of drug-likeness (QED) is 0.675. The topological polar surface area (TPSA) is 45.7 Å². The van der Waals surface area contributed by atoms with Crippen LogP contribution in [-0.4, -0.2) is 54.0 Å². The Balaban J connectivity index is 1.56. The normalized spacial score (nSPS) is 15.4. The van der Waals surface area contributed by atoms with Gasteiger partial charge >= 0.3 is 0 Å². The van der Waals surface area contributed by atoms with E-state index in [0.29, 0.717) is 17.4 Å². The molecule has 1 aromatic carbocycles. The average molecular weight is 396 g/mol. The van der Waals surface area contributed by atoms with Gasteiger partial charge in [0.25, 0.3) is 5.91 Å². The molecule has 1 aliphatic heterocycles. The van der Waals surface area contributed by atoms with Crippen molar-refractivity contribution in [2.45, 2.75) is 33.2 Å². The van der Waals surface area contributed by atoms with E-state index in [4.69, 9.17) is 4.74 Å². The minimum atomic E-state index is 0.100. The number of para-hydroxylation sites is 1. The Kier molecular flexibility index (Phi) is 7.64. The van der Waals surface area contributed by atoms with E-state index in [1.54, 1.807) is 19.5 Å². The van der Waals surface area contributed by atoms with Gasteiger partial charge in [0.2, 0.25) is 0 Å². The van der Waals surface area contributed by atoms with Crippen LogP contribution in [0.4, 0.5) is 0 Å². The lowest BCUT2D eigenvalue weighted by molar-refractivity contribution is 0.0662. The van der Waals surface area contributed by atoms with E-state index in [1.807, 2.05) is 29.2 Å². The summed E-state index contributed by atoms with van der Waals surface area (Å²) in [5.74, 6) is 2.05. The maximum Gasteiger partial charge on any atom is 0.255 e. The number of carbonyl (C=O) groups is 1. The molecule has 29 heavy (non-hydrogen) atoms. The van der Waals surface area contributed by atoms with E-state index < -0.39 is 0 Å². The molecule has 156 valence electrons. The van der Waals surface area contributed by atoms with Crippen molar-refractivity contribution in [3.8, 4) is 5.75 Å². The lowest BCUT2D eigenvalue weighted by Gasteiger charge is -2.35. The summed E-state index contributed by atoms with van der Waals surface area (Å²) in [5, 5.41) is 0. The molecule has 2 aromatic rings. The summed E-state index contributed by atoms with van der Waals surface area (Å²) in [5.41, 5.74) is 1.92. The molecule has 0 N–H and O–H groups in total. The number of methoxy groups -OCH3 is 1. The van der Waals surface area contributed by atoms with Crippen molar-refractivity contribution < 1.29 is 9.53 Å². The number of nitrogens with zero attached hydrogens (tertiary/aromatic N) is 3. The van der Waals surface area contributed by atoms with Gasteiger partial charge in [-0.05, 0) is 56.0 Å². The highest BCUT2D eigenvalue weighted by atomic mass is 16.5. The minimum absolute atomic E-state index is 0.100. The van der Waals surface area contributed by atoms with Gasteiger partial charge < -0.3 is 9.64 Å². The maximum absolute atomic E-state index is 13.0. The van der Waals surface area contributed by atoms with Crippen molar-refractivity contribution in [3.05, 3.63) is 59.9 Å². The fourth-order valence-corrected chi connectivity index (χ4v) is 4.07. The van der Waals surface area contributed by atoms with E-state index in [1.165, 1.54) is 5.56 Å². The van der Waals surface area contributed by atoms with Gasteiger partial charge in [0.1, 0.15) is 5.75 Å². The van der Waals surface area contributed by atoms with Crippen LogP contribution >= 0.6 is 0 Å². The fourth-order valence-electron chi connectivity index (χ4n) is 4.07. The van der Waals surface area contributed by atoms with Crippen molar-refractivity contribution in [2.24, 2.45) is 11.8 Å². The first-order valence-corrected chi connectivity index (χ1v) is 10.6. The van der Waals surface area contributed by atoms with Gasteiger partial charge in [0, 0.05) is 37.6 Å². The third-order valence-corrected chi connectivity index (χ3v) is 5.55. The van der Waals surface area contributed by atoms with Gasteiger partial charge in [0.05, 0.1) is 12.7 Å². The molecule has 0 saturated carbocycles. The number of hydrogen-bond donors (Lipinski definition) is 0. The highest BCUT2D eigenvalue weighted by Crippen LogP contribution is 2.24. The number of rotatable bonds is 8. The molecular formula is C24H33N3O2. The number of ether oxygens (including phenoxy) is 1. The van der Waals surface area contributed by atoms with Crippen molar-refractivity contribution in [1.29, 1.82) is 0 Å². The second-order valence-corrected chi connectivity index (χ2v) is 8.38. The zero-order valence-corrected chi connectivity index (χ0v) is 17.9. The van der Waals surface area contributed by atoms with Crippen LogP contribution in [0.1, 0.15) is 42.6 Å². The maximum atomic E-state index is 13.0. The average Bonchev–Trinajstić information content (AvgIpc) is 2.75. The molecule has 0 radical (unpaired) electrons. The smallest absolute Gasteiger partial charge is 0.255 e. The summed E-state index contributed by atoms with van der Waals surface area (Å²) in [6.07, 6.45) is 5.61. The van der Waals surface area contributed by atoms with Crippen LogP contribution in [0, 0.1) is 11.8 Å². The van der Waals surface area contributed by atoms with Gasteiger partial charge in [-0.2, -0.15) is 0 Å². The second-order valence-electron chi connectivity index (χ2n) is 8.38. The Morgan fingerprint density at radius 2 is 1.97 bits per heavy atom. The summed E-state index contributed by atoms with van der Waals surface area (Å²) < 4.78 is 5.49. The largest absolute Gasteiger partial charge is 0.496 e. The molecule has 0 atom stereocenters. The summed E-state index contributed by atoms with van der Waals surface area (Å²) in [4.78, 5) is 21.6. The number of aromatic nitrogens is 1. The van der Waals surface area contributed by atoms with Gasteiger partial charge in [-0.3, -0.25) is 14.7 Å². The van der Waals surface area contributed by atoms with Crippen LogP contribution in [0.15, 0.2) is 48.8 Å². The van der Waals surface area contributed by atoms with Gasteiger partial charge in [-0.1, -0.05) is 32.0 Å². The molecule has 5 nitrogen and oxygen atoms in total. The fraction of sp³-hybridized carbons (Fsp3) is 0.500. The minimum Gasteiger partial charge on any atom is -0.496 e. The number of benzene rings is 1. The zero-order valence-electron chi connectivity index (χ0n) is 17.9. The molecular weight excluding hydrogens is 362 g/mol. The molecule has 0 aliphatic carbocycles.